The lowest BCUT2D eigenvalue weighted by Gasteiger charge is -2.12. The van der Waals surface area contributed by atoms with E-state index in [0.717, 1.165) is 36.4 Å². The molecular weight excluding hydrogens is 256 g/mol. The number of nitrogens with one attached hydrogen (secondary N) is 2. The van der Waals surface area contributed by atoms with Gasteiger partial charge in [-0.15, -0.1) is 0 Å². The molecule has 0 radical (unpaired) electrons. The highest BCUT2D eigenvalue weighted by atomic mass is 16.4. The maximum atomic E-state index is 5.55. The monoisotopic (exact) mass is 276 g/mol. The number of hydrogen-bond acceptors (Lipinski definition) is 7. The maximum Gasteiger partial charge on any atom is 0.213 e. The van der Waals surface area contributed by atoms with Crippen LogP contribution < -0.4 is 16.6 Å². The molecule has 0 aromatic carbocycles. The second kappa shape index (κ2) is 6.85. The third-order valence-corrected chi connectivity index (χ3v) is 2.94. The van der Waals surface area contributed by atoms with Gasteiger partial charge in [0.25, 0.3) is 0 Å². The molecule has 0 saturated heterocycles. The standard InChI is InChI=1S/C13H20N6O/c1-3-5-10-12(17-8-18-13(10)19-14)16-7-11-15-6-9(4-2)20-11/h6,8H,3-5,7,14H2,1-2H3,(H2,16,17,18,19). The van der Waals surface area contributed by atoms with Gasteiger partial charge in [-0.2, -0.15) is 0 Å². The van der Waals surface area contributed by atoms with Gasteiger partial charge in [0.15, 0.2) is 0 Å². The van der Waals surface area contributed by atoms with E-state index in [1.165, 1.54) is 6.33 Å². The van der Waals surface area contributed by atoms with Crippen LogP contribution in [-0.4, -0.2) is 15.0 Å². The van der Waals surface area contributed by atoms with Gasteiger partial charge in [-0.1, -0.05) is 20.3 Å². The molecule has 0 fully saturated rings. The molecule has 0 aliphatic carbocycles. The maximum absolute atomic E-state index is 5.55. The summed E-state index contributed by atoms with van der Waals surface area (Å²) in [7, 11) is 0. The number of nitrogen functional groups attached to an aromatic ring is 1. The van der Waals surface area contributed by atoms with Crippen LogP contribution in [0.25, 0.3) is 0 Å². The lowest BCUT2D eigenvalue weighted by Crippen LogP contribution is -2.14. The Labute approximate surface area is 118 Å². The summed E-state index contributed by atoms with van der Waals surface area (Å²) in [6.07, 6.45) is 5.88. The highest BCUT2D eigenvalue weighted by molar-refractivity contribution is 5.56. The number of anilines is 2. The number of aromatic nitrogens is 3. The zero-order chi connectivity index (χ0) is 14.4. The predicted molar refractivity (Wildman–Crippen MR) is 77.0 cm³/mol. The first-order valence-corrected chi connectivity index (χ1v) is 6.76. The Bertz CT molecular complexity index is 554. The van der Waals surface area contributed by atoms with Crippen LogP contribution in [0, 0.1) is 0 Å². The number of nitrogens with zero attached hydrogens (tertiary/aromatic N) is 3. The lowest BCUT2D eigenvalue weighted by molar-refractivity contribution is 0.465. The minimum absolute atomic E-state index is 0.484. The summed E-state index contributed by atoms with van der Waals surface area (Å²) in [6.45, 7) is 4.61. The highest BCUT2D eigenvalue weighted by Crippen LogP contribution is 2.21. The van der Waals surface area contributed by atoms with E-state index in [0.29, 0.717) is 18.3 Å². The van der Waals surface area contributed by atoms with Gasteiger partial charge in [0.1, 0.15) is 23.7 Å². The Balaban J connectivity index is 2.11. The van der Waals surface area contributed by atoms with Crippen LogP contribution in [0.2, 0.25) is 0 Å². The Kier molecular flexibility index (Phi) is 4.89. The van der Waals surface area contributed by atoms with Crippen molar-refractivity contribution in [2.24, 2.45) is 5.84 Å². The molecule has 2 aromatic heterocycles. The summed E-state index contributed by atoms with van der Waals surface area (Å²) < 4.78 is 5.55. The molecule has 2 heterocycles. The van der Waals surface area contributed by atoms with Crippen LogP contribution in [0.1, 0.15) is 37.5 Å². The topological polar surface area (TPSA) is 102 Å². The second-order valence-corrected chi connectivity index (χ2v) is 4.37. The van der Waals surface area contributed by atoms with E-state index in [9.17, 15) is 0 Å². The van der Waals surface area contributed by atoms with Gasteiger partial charge in [0, 0.05) is 12.0 Å². The summed E-state index contributed by atoms with van der Waals surface area (Å²) >= 11 is 0. The van der Waals surface area contributed by atoms with Crippen molar-refractivity contribution in [2.45, 2.75) is 39.7 Å². The van der Waals surface area contributed by atoms with Gasteiger partial charge in [0.05, 0.1) is 12.7 Å². The van der Waals surface area contributed by atoms with Gasteiger partial charge >= 0.3 is 0 Å². The summed E-state index contributed by atoms with van der Waals surface area (Å²) in [5.41, 5.74) is 3.57. The fraction of sp³-hybridized carbons (Fsp3) is 0.462. The molecule has 0 saturated carbocycles. The van der Waals surface area contributed by atoms with Crippen LogP contribution >= 0.6 is 0 Å². The average molecular weight is 276 g/mol. The number of nitrogens with two attached hydrogens (primary N) is 1. The van der Waals surface area contributed by atoms with Crippen molar-refractivity contribution >= 4 is 11.6 Å². The van der Waals surface area contributed by atoms with Gasteiger partial charge in [0.2, 0.25) is 5.89 Å². The van der Waals surface area contributed by atoms with Crippen molar-refractivity contribution in [1.82, 2.24) is 15.0 Å². The normalized spacial score (nSPS) is 10.6. The van der Waals surface area contributed by atoms with Crippen LogP contribution in [0.5, 0.6) is 0 Å². The number of hydrogen-bond donors (Lipinski definition) is 3. The Morgan fingerprint density at radius 2 is 2.00 bits per heavy atom. The van der Waals surface area contributed by atoms with E-state index in [1.54, 1.807) is 6.20 Å². The van der Waals surface area contributed by atoms with Crippen molar-refractivity contribution in [1.29, 1.82) is 0 Å². The highest BCUT2D eigenvalue weighted by Gasteiger charge is 2.11. The first-order valence-electron chi connectivity index (χ1n) is 6.76. The van der Waals surface area contributed by atoms with Gasteiger partial charge in [-0.25, -0.2) is 20.8 Å². The van der Waals surface area contributed by atoms with Crippen LogP contribution in [0.3, 0.4) is 0 Å². The Morgan fingerprint density at radius 3 is 2.65 bits per heavy atom. The molecule has 0 atom stereocenters. The third-order valence-electron chi connectivity index (χ3n) is 2.94. The van der Waals surface area contributed by atoms with Crippen molar-refractivity contribution in [3.63, 3.8) is 0 Å². The first-order chi connectivity index (χ1) is 9.78. The summed E-state index contributed by atoms with van der Waals surface area (Å²) in [5, 5.41) is 3.22. The molecule has 2 rings (SSSR count). The Morgan fingerprint density at radius 1 is 1.20 bits per heavy atom. The van der Waals surface area contributed by atoms with E-state index in [-0.39, 0.29) is 0 Å². The number of rotatable bonds is 7. The van der Waals surface area contributed by atoms with E-state index in [2.05, 4.69) is 32.6 Å². The van der Waals surface area contributed by atoms with E-state index in [1.807, 2.05) is 6.92 Å². The van der Waals surface area contributed by atoms with Crippen LogP contribution in [0.4, 0.5) is 11.6 Å². The molecule has 7 nitrogen and oxygen atoms in total. The van der Waals surface area contributed by atoms with Crippen molar-refractivity contribution < 1.29 is 4.42 Å². The zero-order valence-electron chi connectivity index (χ0n) is 11.8. The van der Waals surface area contributed by atoms with E-state index in [4.69, 9.17) is 10.3 Å². The molecular formula is C13H20N6O. The fourth-order valence-corrected chi connectivity index (χ4v) is 1.93. The molecule has 0 amide bonds. The summed E-state index contributed by atoms with van der Waals surface area (Å²) in [6, 6.07) is 0. The minimum atomic E-state index is 0.484. The SMILES string of the molecule is CCCc1c(NN)ncnc1NCc1ncc(CC)o1. The Hall–Kier alpha value is -2.15. The van der Waals surface area contributed by atoms with E-state index < -0.39 is 0 Å². The fourth-order valence-electron chi connectivity index (χ4n) is 1.93. The van der Waals surface area contributed by atoms with Crippen molar-refractivity contribution in [3.05, 3.63) is 29.7 Å². The molecule has 7 heteroatoms. The predicted octanol–water partition coefficient (Wildman–Crippen LogP) is 1.88. The molecule has 4 N–H and O–H groups in total. The molecule has 0 aliphatic rings. The number of aryl methyl sites for hydroxylation is 1. The second-order valence-electron chi connectivity index (χ2n) is 4.37. The smallest absolute Gasteiger partial charge is 0.213 e. The molecule has 20 heavy (non-hydrogen) atoms. The zero-order valence-corrected chi connectivity index (χ0v) is 11.8. The summed E-state index contributed by atoms with van der Waals surface area (Å²) in [5.74, 6) is 8.40. The largest absolute Gasteiger partial charge is 0.444 e. The quantitative estimate of drug-likeness (QED) is 0.524. The van der Waals surface area contributed by atoms with Gasteiger partial charge in [-0.3, -0.25) is 0 Å². The minimum Gasteiger partial charge on any atom is -0.444 e. The molecule has 0 bridgehead atoms. The number of oxazole rings is 1. The third kappa shape index (κ3) is 3.24. The molecule has 108 valence electrons. The van der Waals surface area contributed by atoms with Crippen LogP contribution in [0.15, 0.2) is 16.9 Å². The van der Waals surface area contributed by atoms with Gasteiger partial charge in [-0.05, 0) is 6.42 Å². The number of hydrazine groups is 1. The van der Waals surface area contributed by atoms with Crippen molar-refractivity contribution in [3.8, 4) is 0 Å². The average Bonchev–Trinajstić information content (AvgIpc) is 2.94. The van der Waals surface area contributed by atoms with E-state index >= 15 is 0 Å². The first kappa shape index (κ1) is 14.3. The van der Waals surface area contributed by atoms with Crippen molar-refractivity contribution in [2.75, 3.05) is 10.7 Å². The summed E-state index contributed by atoms with van der Waals surface area (Å²) in [4.78, 5) is 12.6. The lowest BCUT2D eigenvalue weighted by atomic mass is 10.1. The molecule has 0 unspecified atom stereocenters. The van der Waals surface area contributed by atoms with Crippen LogP contribution in [-0.2, 0) is 19.4 Å². The molecule has 0 aliphatic heterocycles. The van der Waals surface area contributed by atoms with Gasteiger partial charge < -0.3 is 15.2 Å². The molecule has 2 aromatic rings. The molecule has 0 spiro atoms.